The SMILES string of the molecule is Cc1cc(Br)ccc1CNCCCN(C)C. The van der Waals surface area contributed by atoms with Gasteiger partial charge in [0.15, 0.2) is 0 Å². The summed E-state index contributed by atoms with van der Waals surface area (Å²) in [5.74, 6) is 0. The summed E-state index contributed by atoms with van der Waals surface area (Å²) in [6, 6.07) is 6.44. The molecule has 0 saturated carbocycles. The highest BCUT2D eigenvalue weighted by Crippen LogP contribution is 2.15. The number of hydrogen-bond donors (Lipinski definition) is 1. The van der Waals surface area contributed by atoms with Gasteiger partial charge in [-0.3, -0.25) is 0 Å². The highest BCUT2D eigenvalue weighted by Gasteiger charge is 1.98. The molecule has 16 heavy (non-hydrogen) atoms. The molecule has 3 heteroatoms. The van der Waals surface area contributed by atoms with E-state index in [-0.39, 0.29) is 0 Å². The standard InChI is InChI=1S/C13H21BrN2/c1-11-9-13(14)6-5-12(11)10-15-7-4-8-16(2)3/h5-6,9,15H,4,7-8,10H2,1-3H3. The van der Waals surface area contributed by atoms with Crippen LogP contribution in [0.1, 0.15) is 17.5 Å². The number of nitrogens with one attached hydrogen (secondary N) is 1. The molecule has 0 aromatic heterocycles. The highest BCUT2D eigenvalue weighted by molar-refractivity contribution is 9.10. The van der Waals surface area contributed by atoms with Gasteiger partial charge in [-0.2, -0.15) is 0 Å². The van der Waals surface area contributed by atoms with Crippen LogP contribution in [-0.2, 0) is 6.54 Å². The van der Waals surface area contributed by atoms with Crippen molar-refractivity contribution >= 4 is 15.9 Å². The zero-order valence-corrected chi connectivity index (χ0v) is 12.0. The smallest absolute Gasteiger partial charge is 0.0208 e. The average Bonchev–Trinajstić information content (AvgIpc) is 2.20. The molecule has 0 radical (unpaired) electrons. The normalized spacial score (nSPS) is 11.1. The molecule has 0 saturated heterocycles. The molecule has 90 valence electrons. The van der Waals surface area contributed by atoms with Gasteiger partial charge >= 0.3 is 0 Å². The van der Waals surface area contributed by atoms with Crippen molar-refractivity contribution in [2.75, 3.05) is 27.2 Å². The van der Waals surface area contributed by atoms with Gasteiger partial charge in [-0.25, -0.2) is 0 Å². The van der Waals surface area contributed by atoms with Gasteiger partial charge in [-0.05, 0) is 63.8 Å². The molecule has 0 spiro atoms. The molecule has 1 N–H and O–H groups in total. The third-order valence-electron chi connectivity index (χ3n) is 2.58. The van der Waals surface area contributed by atoms with Crippen LogP contribution in [0.4, 0.5) is 0 Å². The first-order valence-corrected chi connectivity index (χ1v) is 6.49. The monoisotopic (exact) mass is 284 g/mol. The maximum absolute atomic E-state index is 3.48. The summed E-state index contributed by atoms with van der Waals surface area (Å²) in [5, 5.41) is 3.48. The zero-order chi connectivity index (χ0) is 12.0. The first-order valence-electron chi connectivity index (χ1n) is 5.70. The zero-order valence-electron chi connectivity index (χ0n) is 10.4. The Bertz CT molecular complexity index is 324. The van der Waals surface area contributed by atoms with Crippen LogP contribution in [0.25, 0.3) is 0 Å². The van der Waals surface area contributed by atoms with Crippen LogP contribution in [0, 0.1) is 6.92 Å². The van der Waals surface area contributed by atoms with E-state index < -0.39 is 0 Å². The number of hydrogen-bond acceptors (Lipinski definition) is 2. The largest absolute Gasteiger partial charge is 0.313 e. The van der Waals surface area contributed by atoms with Crippen molar-refractivity contribution in [3.8, 4) is 0 Å². The fourth-order valence-electron chi connectivity index (χ4n) is 1.60. The predicted octanol–water partition coefficient (Wildman–Crippen LogP) is 2.80. The molecule has 0 aliphatic heterocycles. The van der Waals surface area contributed by atoms with E-state index in [1.54, 1.807) is 0 Å². The Balaban J connectivity index is 2.27. The van der Waals surface area contributed by atoms with Gasteiger partial charge in [0.05, 0.1) is 0 Å². The van der Waals surface area contributed by atoms with E-state index in [0.29, 0.717) is 0 Å². The van der Waals surface area contributed by atoms with Crippen molar-refractivity contribution in [2.45, 2.75) is 19.9 Å². The van der Waals surface area contributed by atoms with E-state index in [4.69, 9.17) is 0 Å². The summed E-state index contributed by atoms with van der Waals surface area (Å²) in [7, 11) is 4.22. The lowest BCUT2D eigenvalue weighted by atomic mass is 10.1. The molecule has 1 rings (SSSR count). The number of aryl methyl sites for hydroxylation is 1. The Labute approximate surface area is 107 Å². The van der Waals surface area contributed by atoms with Crippen molar-refractivity contribution in [3.05, 3.63) is 33.8 Å². The van der Waals surface area contributed by atoms with Gasteiger partial charge in [0.2, 0.25) is 0 Å². The van der Waals surface area contributed by atoms with E-state index in [1.165, 1.54) is 17.5 Å². The second-order valence-electron chi connectivity index (χ2n) is 4.40. The van der Waals surface area contributed by atoms with Crippen LogP contribution in [0.15, 0.2) is 22.7 Å². The number of benzene rings is 1. The van der Waals surface area contributed by atoms with Crippen molar-refractivity contribution in [2.24, 2.45) is 0 Å². The molecule has 0 amide bonds. The summed E-state index contributed by atoms with van der Waals surface area (Å²) in [6.07, 6.45) is 1.20. The molecule has 0 aliphatic rings. The maximum Gasteiger partial charge on any atom is 0.0208 e. The van der Waals surface area contributed by atoms with Crippen molar-refractivity contribution in [1.82, 2.24) is 10.2 Å². The van der Waals surface area contributed by atoms with Crippen LogP contribution < -0.4 is 5.32 Å². The lowest BCUT2D eigenvalue weighted by Crippen LogP contribution is -2.21. The van der Waals surface area contributed by atoms with Crippen LogP contribution >= 0.6 is 15.9 Å². The second-order valence-corrected chi connectivity index (χ2v) is 5.32. The first kappa shape index (κ1) is 13.7. The summed E-state index contributed by atoms with van der Waals surface area (Å²) < 4.78 is 1.15. The number of rotatable bonds is 6. The molecule has 0 atom stereocenters. The van der Waals surface area contributed by atoms with E-state index >= 15 is 0 Å². The van der Waals surface area contributed by atoms with Crippen LogP contribution in [0.2, 0.25) is 0 Å². The van der Waals surface area contributed by atoms with Gasteiger partial charge in [0, 0.05) is 11.0 Å². The van der Waals surface area contributed by atoms with Gasteiger partial charge in [-0.1, -0.05) is 22.0 Å². The fraction of sp³-hybridized carbons (Fsp3) is 0.538. The molecule has 0 fully saturated rings. The van der Waals surface area contributed by atoms with Crippen molar-refractivity contribution in [3.63, 3.8) is 0 Å². The van der Waals surface area contributed by atoms with Crippen LogP contribution in [-0.4, -0.2) is 32.1 Å². The molecule has 1 aromatic rings. The van der Waals surface area contributed by atoms with Gasteiger partial charge in [-0.15, -0.1) is 0 Å². The Morgan fingerprint density at radius 1 is 1.31 bits per heavy atom. The molecule has 2 nitrogen and oxygen atoms in total. The van der Waals surface area contributed by atoms with Crippen molar-refractivity contribution in [1.29, 1.82) is 0 Å². The minimum atomic E-state index is 0.965. The minimum Gasteiger partial charge on any atom is -0.313 e. The van der Waals surface area contributed by atoms with Crippen LogP contribution in [0.3, 0.4) is 0 Å². The average molecular weight is 285 g/mol. The Morgan fingerprint density at radius 2 is 2.06 bits per heavy atom. The summed E-state index contributed by atoms with van der Waals surface area (Å²) >= 11 is 3.48. The molecular formula is C13H21BrN2. The lowest BCUT2D eigenvalue weighted by Gasteiger charge is -2.11. The fourth-order valence-corrected chi connectivity index (χ4v) is 2.08. The maximum atomic E-state index is 3.48. The van der Waals surface area contributed by atoms with Crippen LogP contribution in [0.5, 0.6) is 0 Å². The van der Waals surface area contributed by atoms with E-state index in [9.17, 15) is 0 Å². The molecule has 0 bridgehead atoms. The first-order chi connectivity index (χ1) is 7.59. The second kappa shape index (κ2) is 7.05. The van der Waals surface area contributed by atoms with Gasteiger partial charge < -0.3 is 10.2 Å². The predicted molar refractivity (Wildman–Crippen MR) is 73.8 cm³/mol. The third kappa shape index (κ3) is 5.10. The molecule has 0 aliphatic carbocycles. The van der Waals surface area contributed by atoms with E-state index in [2.05, 4.69) is 65.4 Å². The lowest BCUT2D eigenvalue weighted by molar-refractivity contribution is 0.394. The Hall–Kier alpha value is -0.380. The van der Waals surface area contributed by atoms with E-state index in [0.717, 1.165) is 24.1 Å². The number of nitrogens with zero attached hydrogens (tertiary/aromatic N) is 1. The molecule has 0 unspecified atom stereocenters. The Morgan fingerprint density at radius 3 is 2.69 bits per heavy atom. The summed E-state index contributed by atoms with van der Waals surface area (Å²) in [4.78, 5) is 2.21. The Kier molecular flexibility index (Phi) is 6.03. The minimum absolute atomic E-state index is 0.965. The summed E-state index contributed by atoms with van der Waals surface area (Å²) in [6.45, 7) is 5.34. The molecular weight excluding hydrogens is 264 g/mol. The van der Waals surface area contributed by atoms with E-state index in [1.807, 2.05) is 0 Å². The van der Waals surface area contributed by atoms with Gasteiger partial charge in [0.25, 0.3) is 0 Å². The topological polar surface area (TPSA) is 15.3 Å². The summed E-state index contributed by atoms with van der Waals surface area (Å²) in [5.41, 5.74) is 2.72. The number of halogens is 1. The van der Waals surface area contributed by atoms with Crippen molar-refractivity contribution < 1.29 is 0 Å². The molecule has 0 heterocycles. The quantitative estimate of drug-likeness (QED) is 0.809. The third-order valence-corrected chi connectivity index (χ3v) is 3.07. The van der Waals surface area contributed by atoms with Gasteiger partial charge in [0.1, 0.15) is 0 Å². The highest BCUT2D eigenvalue weighted by atomic mass is 79.9. The molecule has 1 aromatic carbocycles.